The second-order valence-corrected chi connectivity index (χ2v) is 3.33. The van der Waals surface area contributed by atoms with Crippen molar-refractivity contribution in [3.8, 4) is 11.5 Å². The highest BCUT2D eigenvalue weighted by Crippen LogP contribution is 2.30. The van der Waals surface area contributed by atoms with Crippen molar-refractivity contribution in [2.24, 2.45) is 5.73 Å². The van der Waals surface area contributed by atoms with Crippen molar-refractivity contribution in [1.29, 1.82) is 0 Å². The summed E-state index contributed by atoms with van der Waals surface area (Å²) in [6, 6.07) is 3.79. The van der Waals surface area contributed by atoms with Crippen LogP contribution in [-0.4, -0.2) is 33.1 Å². The van der Waals surface area contributed by atoms with Crippen molar-refractivity contribution in [2.75, 3.05) is 6.54 Å². The molecule has 0 aliphatic carbocycles. The molecule has 6 N–H and O–H groups in total. The number of phenolic OH excluding ortho intramolecular Hbond substituents is 2. The molecule has 0 aliphatic rings. The maximum absolute atomic E-state index is 9.64. The third-order valence-electron chi connectivity index (χ3n) is 2.16. The van der Waals surface area contributed by atoms with Crippen LogP contribution in [0.3, 0.4) is 0 Å². The highest BCUT2D eigenvalue weighted by Gasteiger charge is 2.20. The van der Waals surface area contributed by atoms with Crippen LogP contribution in [0.4, 0.5) is 0 Å². The third kappa shape index (κ3) is 2.82. The zero-order chi connectivity index (χ0) is 11.4. The zero-order valence-corrected chi connectivity index (χ0v) is 8.17. The van der Waals surface area contributed by atoms with E-state index in [0.29, 0.717) is 0 Å². The molecule has 0 heterocycles. The Morgan fingerprint density at radius 1 is 1.20 bits per heavy atom. The van der Waals surface area contributed by atoms with Gasteiger partial charge in [0.2, 0.25) is 0 Å². The lowest BCUT2D eigenvalue weighted by atomic mass is 10.0. The smallest absolute Gasteiger partial charge is 0.125 e. The fraction of sp³-hybridized carbons (Fsp3) is 0.400. The molecule has 2 atom stereocenters. The van der Waals surface area contributed by atoms with E-state index in [1.807, 2.05) is 0 Å². The fourth-order valence-corrected chi connectivity index (χ4v) is 1.32. The SMILES string of the molecule is NCCC(O)C(O)c1ccc(O)cc1O. The maximum Gasteiger partial charge on any atom is 0.125 e. The number of phenols is 2. The van der Waals surface area contributed by atoms with Gasteiger partial charge in [0, 0.05) is 11.6 Å². The molecule has 0 radical (unpaired) electrons. The number of benzene rings is 1. The van der Waals surface area contributed by atoms with Gasteiger partial charge in [0.05, 0.1) is 6.10 Å². The molecule has 1 aromatic carbocycles. The van der Waals surface area contributed by atoms with Crippen LogP contribution in [0.2, 0.25) is 0 Å². The highest BCUT2D eigenvalue weighted by molar-refractivity contribution is 5.40. The van der Waals surface area contributed by atoms with E-state index in [-0.39, 0.29) is 30.0 Å². The minimum Gasteiger partial charge on any atom is -0.508 e. The van der Waals surface area contributed by atoms with E-state index in [9.17, 15) is 15.3 Å². The van der Waals surface area contributed by atoms with Gasteiger partial charge >= 0.3 is 0 Å². The zero-order valence-electron chi connectivity index (χ0n) is 8.17. The summed E-state index contributed by atoms with van der Waals surface area (Å²) in [5.74, 6) is -0.352. The second-order valence-electron chi connectivity index (χ2n) is 3.33. The van der Waals surface area contributed by atoms with Crippen LogP contribution < -0.4 is 5.73 Å². The number of aliphatic hydroxyl groups excluding tert-OH is 2. The number of hydrogen-bond donors (Lipinski definition) is 5. The van der Waals surface area contributed by atoms with E-state index >= 15 is 0 Å². The minimum atomic E-state index is -1.20. The lowest BCUT2D eigenvalue weighted by Gasteiger charge is -2.18. The van der Waals surface area contributed by atoms with Gasteiger partial charge in [0.15, 0.2) is 0 Å². The van der Waals surface area contributed by atoms with Crippen LogP contribution in [0.25, 0.3) is 0 Å². The van der Waals surface area contributed by atoms with E-state index in [1.165, 1.54) is 12.1 Å². The first-order valence-corrected chi connectivity index (χ1v) is 4.64. The molecule has 0 aromatic heterocycles. The van der Waals surface area contributed by atoms with E-state index < -0.39 is 12.2 Å². The molecule has 5 heteroatoms. The topological polar surface area (TPSA) is 107 Å². The molecule has 0 amide bonds. The van der Waals surface area contributed by atoms with Crippen molar-refractivity contribution in [3.05, 3.63) is 23.8 Å². The fourth-order valence-electron chi connectivity index (χ4n) is 1.32. The van der Waals surface area contributed by atoms with Gasteiger partial charge in [-0.25, -0.2) is 0 Å². The molecule has 0 spiro atoms. The summed E-state index contributed by atoms with van der Waals surface area (Å²) < 4.78 is 0. The molecule has 2 unspecified atom stereocenters. The first kappa shape index (κ1) is 11.8. The summed E-state index contributed by atoms with van der Waals surface area (Å²) >= 11 is 0. The van der Waals surface area contributed by atoms with Crippen LogP contribution in [0, 0.1) is 0 Å². The van der Waals surface area contributed by atoms with Gasteiger partial charge in [-0.1, -0.05) is 0 Å². The number of aliphatic hydroxyl groups is 2. The molecule has 1 aromatic rings. The summed E-state index contributed by atoms with van der Waals surface area (Å²) in [5.41, 5.74) is 5.41. The van der Waals surface area contributed by atoms with Crippen LogP contribution in [0.5, 0.6) is 11.5 Å². The molecule has 84 valence electrons. The molecular weight excluding hydrogens is 198 g/mol. The van der Waals surface area contributed by atoms with Crippen molar-refractivity contribution in [1.82, 2.24) is 0 Å². The normalized spacial score (nSPS) is 14.9. The number of aromatic hydroxyl groups is 2. The Balaban J connectivity index is 2.86. The van der Waals surface area contributed by atoms with Gasteiger partial charge in [-0.15, -0.1) is 0 Å². The van der Waals surface area contributed by atoms with Gasteiger partial charge < -0.3 is 26.2 Å². The largest absolute Gasteiger partial charge is 0.508 e. The van der Waals surface area contributed by atoms with Crippen LogP contribution in [0.15, 0.2) is 18.2 Å². The lowest BCUT2D eigenvalue weighted by Crippen LogP contribution is -2.21. The second kappa shape index (κ2) is 4.97. The summed E-state index contributed by atoms with van der Waals surface area (Å²) in [5, 5.41) is 37.6. The van der Waals surface area contributed by atoms with E-state index in [1.54, 1.807) is 0 Å². The monoisotopic (exact) mass is 213 g/mol. The number of nitrogens with two attached hydrogens (primary N) is 1. The first-order valence-electron chi connectivity index (χ1n) is 4.64. The third-order valence-corrected chi connectivity index (χ3v) is 2.16. The predicted molar refractivity (Wildman–Crippen MR) is 54.4 cm³/mol. The average Bonchev–Trinajstić information content (AvgIpc) is 2.17. The summed E-state index contributed by atoms with van der Waals surface area (Å²) in [6.45, 7) is 0.247. The van der Waals surface area contributed by atoms with Gasteiger partial charge in [-0.2, -0.15) is 0 Å². The maximum atomic E-state index is 9.64. The quantitative estimate of drug-likeness (QED) is 0.478. The highest BCUT2D eigenvalue weighted by atomic mass is 16.3. The molecule has 5 nitrogen and oxygen atoms in total. The molecule has 1 rings (SSSR count). The standard InChI is InChI=1S/C10H15NO4/c11-4-3-8(13)10(15)7-2-1-6(12)5-9(7)14/h1-2,5,8,10,12-15H,3-4,11H2. The Kier molecular flexibility index (Phi) is 3.90. The van der Waals surface area contributed by atoms with Crippen LogP contribution >= 0.6 is 0 Å². The van der Waals surface area contributed by atoms with E-state index in [0.717, 1.165) is 6.07 Å². The Hall–Kier alpha value is -1.30. The minimum absolute atomic E-state index is 0.100. The molecule has 0 aliphatic heterocycles. The van der Waals surface area contributed by atoms with Gasteiger partial charge in [-0.3, -0.25) is 0 Å². The molecular formula is C10H15NO4. The molecule has 15 heavy (non-hydrogen) atoms. The molecule has 0 saturated carbocycles. The Morgan fingerprint density at radius 3 is 2.40 bits per heavy atom. The Bertz CT molecular complexity index is 329. The van der Waals surface area contributed by atoms with Gasteiger partial charge in [0.1, 0.15) is 17.6 Å². The Labute approximate surface area is 87.4 Å². The number of hydrogen-bond acceptors (Lipinski definition) is 5. The van der Waals surface area contributed by atoms with Crippen molar-refractivity contribution >= 4 is 0 Å². The van der Waals surface area contributed by atoms with Gasteiger partial charge in [0.25, 0.3) is 0 Å². The van der Waals surface area contributed by atoms with E-state index in [2.05, 4.69) is 0 Å². The summed E-state index contributed by atoms with van der Waals surface area (Å²) in [4.78, 5) is 0. The average molecular weight is 213 g/mol. The van der Waals surface area contributed by atoms with Gasteiger partial charge in [-0.05, 0) is 25.1 Å². The molecule has 0 fully saturated rings. The Morgan fingerprint density at radius 2 is 1.87 bits per heavy atom. The first-order chi connectivity index (χ1) is 7.06. The van der Waals surface area contributed by atoms with Crippen LogP contribution in [-0.2, 0) is 0 Å². The molecule has 0 saturated heterocycles. The van der Waals surface area contributed by atoms with Crippen molar-refractivity contribution in [3.63, 3.8) is 0 Å². The van der Waals surface area contributed by atoms with E-state index in [4.69, 9.17) is 10.8 Å². The van der Waals surface area contributed by atoms with Crippen LogP contribution in [0.1, 0.15) is 18.1 Å². The van der Waals surface area contributed by atoms with Crippen molar-refractivity contribution in [2.45, 2.75) is 18.6 Å². The van der Waals surface area contributed by atoms with Crippen molar-refractivity contribution < 1.29 is 20.4 Å². The lowest BCUT2D eigenvalue weighted by molar-refractivity contribution is 0.0137. The predicted octanol–water partition coefficient (Wildman–Crippen LogP) is -0.159. The summed E-state index contributed by atoms with van der Waals surface area (Å²) in [7, 11) is 0. The summed E-state index contributed by atoms with van der Waals surface area (Å²) in [6.07, 6.45) is -1.99. The number of rotatable bonds is 4. The molecule has 0 bridgehead atoms.